The molecule has 0 radical (unpaired) electrons. The predicted octanol–water partition coefficient (Wildman–Crippen LogP) is 3.01. The molecule has 1 atom stereocenters. The molecule has 0 saturated heterocycles. The first-order valence-corrected chi connectivity index (χ1v) is 8.64. The first kappa shape index (κ1) is 15.8. The van der Waals surface area contributed by atoms with Gasteiger partial charge in [0.05, 0.1) is 6.61 Å². The number of hydrogen-bond donors (Lipinski definition) is 1. The fourth-order valence-electron chi connectivity index (χ4n) is 1.80. The van der Waals surface area contributed by atoms with Gasteiger partial charge < -0.3 is 10.1 Å². The highest BCUT2D eigenvalue weighted by Crippen LogP contribution is 2.26. The van der Waals surface area contributed by atoms with Crippen molar-refractivity contribution < 1.29 is 9.53 Å². The first-order chi connectivity index (χ1) is 9.70. The third-order valence-corrected chi connectivity index (χ3v) is 4.90. The Morgan fingerprint density at radius 1 is 1.65 bits per heavy atom. The molecule has 1 N–H and O–H groups in total. The van der Waals surface area contributed by atoms with Crippen molar-refractivity contribution in [3.8, 4) is 0 Å². The molecular formula is C14H19BrN2O2S. The molecule has 1 saturated carbocycles. The molecule has 0 aliphatic heterocycles. The summed E-state index contributed by atoms with van der Waals surface area (Å²) in [6, 6.07) is 4.17. The third kappa shape index (κ3) is 5.07. The van der Waals surface area contributed by atoms with Crippen molar-refractivity contribution in [2.75, 3.05) is 12.4 Å². The Bertz CT molecular complexity index is 455. The standard InChI is InChI=1S/C14H19BrN2O2S/c1-2-19-14(18)12(17-10-5-6-10)7-9-20-13-11(15)4-3-8-16-13/h3-4,8,10,12,17H,2,5-7,9H2,1H3. The number of halogens is 1. The maximum atomic E-state index is 11.9. The van der Waals surface area contributed by atoms with E-state index in [0.717, 1.165) is 34.5 Å². The van der Waals surface area contributed by atoms with E-state index >= 15 is 0 Å². The summed E-state index contributed by atoms with van der Waals surface area (Å²) in [5.74, 6) is 0.693. The van der Waals surface area contributed by atoms with Gasteiger partial charge in [0.15, 0.2) is 0 Å². The third-order valence-electron chi connectivity index (χ3n) is 2.96. The van der Waals surface area contributed by atoms with E-state index in [1.54, 1.807) is 18.0 Å². The zero-order valence-corrected chi connectivity index (χ0v) is 13.9. The molecular weight excluding hydrogens is 340 g/mol. The van der Waals surface area contributed by atoms with E-state index in [2.05, 4.69) is 26.2 Å². The van der Waals surface area contributed by atoms with Crippen LogP contribution >= 0.6 is 27.7 Å². The summed E-state index contributed by atoms with van der Waals surface area (Å²) in [6.07, 6.45) is 4.85. The van der Waals surface area contributed by atoms with Crippen molar-refractivity contribution in [1.82, 2.24) is 10.3 Å². The predicted molar refractivity (Wildman–Crippen MR) is 83.9 cm³/mol. The lowest BCUT2D eigenvalue weighted by atomic mass is 10.2. The zero-order valence-electron chi connectivity index (χ0n) is 11.5. The van der Waals surface area contributed by atoms with E-state index in [4.69, 9.17) is 4.74 Å². The summed E-state index contributed by atoms with van der Waals surface area (Å²) in [5, 5.41) is 4.32. The van der Waals surface area contributed by atoms with Crippen LogP contribution in [0.5, 0.6) is 0 Å². The van der Waals surface area contributed by atoms with Crippen LogP contribution in [0.15, 0.2) is 27.8 Å². The summed E-state index contributed by atoms with van der Waals surface area (Å²) >= 11 is 5.13. The number of hydrogen-bond acceptors (Lipinski definition) is 5. The number of thioether (sulfide) groups is 1. The van der Waals surface area contributed by atoms with Crippen LogP contribution in [0.1, 0.15) is 26.2 Å². The molecule has 0 aromatic carbocycles. The average Bonchev–Trinajstić information content (AvgIpc) is 3.24. The van der Waals surface area contributed by atoms with Crippen LogP contribution in [-0.2, 0) is 9.53 Å². The van der Waals surface area contributed by atoms with Crippen molar-refractivity contribution in [3.05, 3.63) is 22.8 Å². The maximum absolute atomic E-state index is 11.9. The van der Waals surface area contributed by atoms with Gasteiger partial charge in [0.2, 0.25) is 0 Å². The summed E-state index contributed by atoms with van der Waals surface area (Å²) in [5.41, 5.74) is 0. The minimum absolute atomic E-state index is 0.139. The normalized spacial score (nSPS) is 15.9. The van der Waals surface area contributed by atoms with E-state index < -0.39 is 0 Å². The molecule has 4 nitrogen and oxygen atoms in total. The van der Waals surface area contributed by atoms with Crippen molar-refractivity contribution >= 4 is 33.7 Å². The molecule has 1 heterocycles. The molecule has 1 aromatic rings. The smallest absolute Gasteiger partial charge is 0.323 e. The quantitative estimate of drug-likeness (QED) is 0.571. The number of pyridine rings is 1. The van der Waals surface area contributed by atoms with Crippen molar-refractivity contribution in [3.63, 3.8) is 0 Å². The number of esters is 1. The van der Waals surface area contributed by atoms with Gasteiger partial charge in [-0.25, -0.2) is 4.98 Å². The fourth-order valence-corrected chi connectivity index (χ4v) is 3.28. The minimum atomic E-state index is -0.197. The van der Waals surface area contributed by atoms with Crippen molar-refractivity contribution in [2.24, 2.45) is 0 Å². The van der Waals surface area contributed by atoms with Gasteiger partial charge in [0.1, 0.15) is 11.1 Å². The van der Waals surface area contributed by atoms with E-state index in [-0.39, 0.29) is 12.0 Å². The summed E-state index contributed by atoms with van der Waals surface area (Å²) in [7, 11) is 0. The minimum Gasteiger partial charge on any atom is -0.465 e. The maximum Gasteiger partial charge on any atom is 0.323 e. The Morgan fingerprint density at radius 2 is 2.45 bits per heavy atom. The molecule has 6 heteroatoms. The molecule has 0 spiro atoms. The lowest BCUT2D eigenvalue weighted by Gasteiger charge is -2.16. The fraction of sp³-hybridized carbons (Fsp3) is 0.571. The Labute approximate surface area is 132 Å². The summed E-state index contributed by atoms with van der Waals surface area (Å²) in [6.45, 7) is 2.27. The summed E-state index contributed by atoms with van der Waals surface area (Å²) < 4.78 is 6.12. The Balaban J connectivity index is 1.81. The van der Waals surface area contributed by atoms with Gasteiger partial charge in [-0.15, -0.1) is 11.8 Å². The second-order valence-electron chi connectivity index (χ2n) is 4.67. The van der Waals surface area contributed by atoms with Crippen LogP contribution in [-0.4, -0.2) is 35.4 Å². The van der Waals surface area contributed by atoms with Gasteiger partial charge in [-0.1, -0.05) is 0 Å². The second kappa shape index (κ2) is 8.00. The molecule has 1 aromatic heterocycles. The molecule has 20 heavy (non-hydrogen) atoms. The highest BCUT2D eigenvalue weighted by atomic mass is 79.9. The van der Waals surface area contributed by atoms with Gasteiger partial charge in [-0.2, -0.15) is 0 Å². The van der Waals surface area contributed by atoms with Crippen LogP contribution in [0.4, 0.5) is 0 Å². The van der Waals surface area contributed by atoms with E-state index in [1.807, 2.05) is 19.1 Å². The summed E-state index contributed by atoms with van der Waals surface area (Å²) in [4.78, 5) is 16.2. The second-order valence-corrected chi connectivity index (χ2v) is 6.61. The monoisotopic (exact) mass is 358 g/mol. The number of nitrogens with zero attached hydrogens (tertiary/aromatic N) is 1. The van der Waals surface area contributed by atoms with Gasteiger partial charge in [0, 0.05) is 22.5 Å². The van der Waals surface area contributed by atoms with Crippen molar-refractivity contribution in [2.45, 2.75) is 43.3 Å². The Morgan fingerprint density at radius 3 is 3.10 bits per heavy atom. The number of carbonyl (C=O) groups is 1. The van der Waals surface area contributed by atoms with Gasteiger partial charge >= 0.3 is 5.97 Å². The van der Waals surface area contributed by atoms with Crippen LogP contribution in [0, 0.1) is 0 Å². The van der Waals surface area contributed by atoms with E-state index in [1.165, 1.54) is 0 Å². The highest BCUT2D eigenvalue weighted by Gasteiger charge is 2.28. The number of carbonyl (C=O) groups excluding carboxylic acids is 1. The Kier molecular flexibility index (Phi) is 6.32. The Hall–Kier alpha value is -0.590. The van der Waals surface area contributed by atoms with Crippen LogP contribution in [0.3, 0.4) is 0 Å². The van der Waals surface area contributed by atoms with E-state index in [9.17, 15) is 4.79 Å². The first-order valence-electron chi connectivity index (χ1n) is 6.86. The molecule has 0 amide bonds. The molecule has 1 unspecified atom stereocenters. The van der Waals surface area contributed by atoms with E-state index in [0.29, 0.717) is 12.6 Å². The number of ether oxygens (including phenoxy) is 1. The molecule has 1 aliphatic carbocycles. The molecule has 0 bridgehead atoms. The topological polar surface area (TPSA) is 51.2 Å². The van der Waals surface area contributed by atoms with Gasteiger partial charge in [-0.05, 0) is 54.2 Å². The molecule has 2 rings (SSSR count). The van der Waals surface area contributed by atoms with Gasteiger partial charge in [-0.3, -0.25) is 4.79 Å². The van der Waals surface area contributed by atoms with Crippen molar-refractivity contribution in [1.29, 1.82) is 0 Å². The highest BCUT2D eigenvalue weighted by molar-refractivity contribution is 9.10. The SMILES string of the molecule is CCOC(=O)C(CCSc1ncccc1Br)NC1CC1. The number of rotatable bonds is 8. The molecule has 1 aliphatic rings. The largest absolute Gasteiger partial charge is 0.465 e. The van der Waals surface area contributed by atoms with Crippen LogP contribution in [0.25, 0.3) is 0 Å². The number of nitrogens with one attached hydrogen (secondary N) is 1. The van der Waals surface area contributed by atoms with Gasteiger partial charge in [0.25, 0.3) is 0 Å². The number of aromatic nitrogens is 1. The molecule has 1 fully saturated rings. The lowest BCUT2D eigenvalue weighted by molar-refractivity contribution is -0.145. The zero-order chi connectivity index (χ0) is 14.4. The van der Waals surface area contributed by atoms with Crippen LogP contribution in [0.2, 0.25) is 0 Å². The molecule has 110 valence electrons. The lowest BCUT2D eigenvalue weighted by Crippen LogP contribution is -2.39. The van der Waals surface area contributed by atoms with Crippen LogP contribution < -0.4 is 5.32 Å². The average molecular weight is 359 g/mol.